The molecule has 3 N–H and O–H groups in total. The number of carbonyl (C=O) groups is 1. The maximum Gasteiger partial charge on any atom is 0.285 e. The Hall–Kier alpha value is -3.35. The summed E-state index contributed by atoms with van der Waals surface area (Å²) in [5, 5.41) is 6.64. The average Bonchev–Trinajstić information content (AvgIpc) is 3.13. The number of fused-ring (bicyclic) bond motifs is 2. The molecule has 0 bridgehead atoms. The number of aromatic amines is 2. The summed E-state index contributed by atoms with van der Waals surface area (Å²) in [6.45, 7) is 1.82. The highest BCUT2D eigenvalue weighted by atomic mass is 16.2. The Labute approximate surface area is 131 Å². The van der Waals surface area contributed by atoms with Crippen LogP contribution in [0.1, 0.15) is 17.5 Å². The van der Waals surface area contributed by atoms with Gasteiger partial charge >= 0.3 is 0 Å². The molecule has 23 heavy (non-hydrogen) atoms. The predicted octanol–water partition coefficient (Wildman–Crippen LogP) is 2.31. The van der Waals surface area contributed by atoms with Crippen molar-refractivity contribution < 1.29 is 6.22 Å². The van der Waals surface area contributed by atoms with Gasteiger partial charge in [-0.2, -0.15) is 0 Å². The molecule has 7 nitrogen and oxygen atoms in total. The quantitative estimate of drug-likeness (QED) is 0.530. The predicted molar refractivity (Wildman–Crippen MR) is 88.9 cm³/mol. The minimum Gasteiger partial charge on any atom is -0.361 e. The van der Waals surface area contributed by atoms with Gasteiger partial charge < -0.3 is 10.3 Å². The summed E-state index contributed by atoms with van der Waals surface area (Å²) in [4.78, 5) is 31.9. The Morgan fingerprint density at radius 3 is 3.04 bits per heavy atom. The lowest BCUT2D eigenvalue weighted by molar-refractivity contribution is 0.102. The normalized spacial score (nSPS) is 11.2. The van der Waals surface area contributed by atoms with Crippen molar-refractivity contribution in [1.82, 2.24) is 19.6 Å². The number of amides is 1. The molecule has 3 aromatic heterocycles. The van der Waals surface area contributed by atoms with Gasteiger partial charge in [0.25, 0.3) is 11.5 Å². The molecule has 3 heterocycles. The zero-order valence-electron chi connectivity index (χ0n) is 12.3. The molecule has 0 fully saturated rings. The molecule has 0 unspecified atom stereocenters. The van der Waals surface area contributed by atoms with Crippen LogP contribution in [0.25, 0.3) is 16.6 Å². The number of rotatable bonds is 2. The Kier molecular flexibility index (Phi) is 2.80. The molecule has 0 aliphatic carbocycles. The second kappa shape index (κ2) is 4.84. The van der Waals surface area contributed by atoms with Crippen molar-refractivity contribution in [2.75, 3.05) is 5.32 Å². The van der Waals surface area contributed by atoms with Gasteiger partial charge in [0.1, 0.15) is 5.56 Å². The van der Waals surface area contributed by atoms with Crippen molar-refractivity contribution in [1.29, 1.82) is 0 Å². The molecule has 116 valence electrons. The largest absolute Gasteiger partial charge is 0.361 e. The summed E-state index contributed by atoms with van der Waals surface area (Å²) in [5.74, 6) is -0.491. The summed E-state index contributed by atoms with van der Waals surface area (Å²) in [5.41, 5.74) is 2.35. The lowest BCUT2D eigenvalue weighted by Gasteiger charge is -2.05. The van der Waals surface area contributed by atoms with Crippen LogP contribution in [0.5, 0.6) is 0 Å². The number of H-pyrrole nitrogens is 2. The van der Waals surface area contributed by atoms with Gasteiger partial charge in [0.05, 0.1) is 0 Å². The first kappa shape index (κ1) is 13.3. The molecule has 0 spiro atoms. The zero-order chi connectivity index (χ0) is 16.0. The summed E-state index contributed by atoms with van der Waals surface area (Å²) < 4.78 is 1.26. The van der Waals surface area contributed by atoms with Crippen LogP contribution in [0.4, 0.5) is 5.69 Å². The Balaban J connectivity index is 0.00000169. The number of benzene rings is 1. The molecule has 4 aromatic rings. The SMILES string of the molecule is Cc1cc2ncc(C(=O)Nc3ccc4cc[nH]c4c3)c(=O)n2[nH]1.[HH]. The van der Waals surface area contributed by atoms with Crippen LogP contribution in [0.2, 0.25) is 0 Å². The van der Waals surface area contributed by atoms with Crippen LogP contribution >= 0.6 is 0 Å². The van der Waals surface area contributed by atoms with E-state index in [0.29, 0.717) is 11.3 Å². The Bertz CT molecular complexity index is 1110. The summed E-state index contributed by atoms with van der Waals surface area (Å²) in [6, 6.07) is 9.18. The molecule has 1 amide bonds. The highest BCUT2D eigenvalue weighted by molar-refractivity contribution is 6.04. The number of carbonyl (C=O) groups excluding carboxylic acids is 1. The Morgan fingerprint density at radius 2 is 2.17 bits per heavy atom. The third kappa shape index (κ3) is 2.18. The standard InChI is InChI=1S/C16H13N5O2.H2/c1-9-6-14-18-8-12(16(23)21(14)20-9)15(22)19-11-3-2-10-4-5-17-13(10)7-11;/h2-8,17,20H,1H3,(H,19,22);1H. The first-order chi connectivity index (χ1) is 11.1. The molecular formula is C16H15N5O2. The molecule has 7 heteroatoms. The molecule has 0 radical (unpaired) electrons. The highest BCUT2D eigenvalue weighted by Crippen LogP contribution is 2.18. The topological polar surface area (TPSA) is 95.0 Å². The number of hydrogen-bond donors (Lipinski definition) is 3. The van der Waals surface area contributed by atoms with Gasteiger partial charge in [-0.15, -0.1) is 0 Å². The second-order valence-corrected chi connectivity index (χ2v) is 5.34. The van der Waals surface area contributed by atoms with E-state index in [1.807, 2.05) is 31.3 Å². The van der Waals surface area contributed by atoms with Crippen molar-refractivity contribution in [2.45, 2.75) is 6.92 Å². The van der Waals surface area contributed by atoms with E-state index in [1.165, 1.54) is 10.7 Å². The van der Waals surface area contributed by atoms with E-state index in [2.05, 4.69) is 20.4 Å². The van der Waals surface area contributed by atoms with Gasteiger partial charge in [0, 0.05) is 36.8 Å². The minimum absolute atomic E-state index is 0. The van der Waals surface area contributed by atoms with Crippen LogP contribution in [-0.4, -0.2) is 25.5 Å². The smallest absolute Gasteiger partial charge is 0.285 e. The van der Waals surface area contributed by atoms with Gasteiger partial charge in [-0.3, -0.25) is 14.7 Å². The fourth-order valence-electron chi connectivity index (χ4n) is 2.56. The average molecular weight is 309 g/mol. The number of nitrogens with one attached hydrogen (secondary N) is 3. The zero-order valence-corrected chi connectivity index (χ0v) is 12.3. The molecule has 0 atom stereocenters. The van der Waals surface area contributed by atoms with Crippen LogP contribution < -0.4 is 10.9 Å². The number of aromatic nitrogens is 4. The van der Waals surface area contributed by atoms with Gasteiger partial charge in [-0.1, -0.05) is 6.07 Å². The Morgan fingerprint density at radius 1 is 1.30 bits per heavy atom. The van der Waals surface area contributed by atoms with Crippen LogP contribution in [0.3, 0.4) is 0 Å². The monoisotopic (exact) mass is 309 g/mol. The maximum absolute atomic E-state index is 12.4. The van der Waals surface area contributed by atoms with Crippen LogP contribution in [0, 0.1) is 6.92 Å². The van der Waals surface area contributed by atoms with Gasteiger partial charge in [0.15, 0.2) is 5.65 Å². The third-order valence-electron chi connectivity index (χ3n) is 3.68. The fraction of sp³-hybridized carbons (Fsp3) is 0.0625. The van der Waals surface area contributed by atoms with E-state index in [1.54, 1.807) is 12.1 Å². The first-order valence-corrected chi connectivity index (χ1v) is 7.08. The molecule has 0 saturated carbocycles. The lowest BCUT2D eigenvalue weighted by atomic mass is 10.2. The second-order valence-electron chi connectivity index (χ2n) is 5.34. The van der Waals surface area contributed by atoms with E-state index in [-0.39, 0.29) is 6.99 Å². The van der Waals surface area contributed by atoms with Crippen LogP contribution in [0.15, 0.2) is 47.5 Å². The van der Waals surface area contributed by atoms with E-state index in [4.69, 9.17) is 0 Å². The van der Waals surface area contributed by atoms with Crippen LogP contribution in [-0.2, 0) is 0 Å². The molecule has 4 rings (SSSR count). The first-order valence-electron chi connectivity index (χ1n) is 7.08. The maximum atomic E-state index is 12.4. The van der Waals surface area contributed by atoms with Gasteiger partial charge in [-0.05, 0) is 30.5 Å². The molecular weight excluding hydrogens is 294 g/mol. The fourth-order valence-corrected chi connectivity index (χ4v) is 2.56. The highest BCUT2D eigenvalue weighted by Gasteiger charge is 2.14. The van der Waals surface area contributed by atoms with E-state index >= 15 is 0 Å². The number of nitrogens with zero attached hydrogens (tertiary/aromatic N) is 2. The summed E-state index contributed by atoms with van der Waals surface area (Å²) in [6.07, 6.45) is 3.13. The summed E-state index contributed by atoms with van der Waals surface area (Å²) in [7, 11) is 0. The van der Waals surface area contributed by atoms with Crippen molar-refractivity contribution in [3.05, 3.63) is 64.3 Å². The molecule has 0 aliphatic heterocycles. The van der Waals surface area contributed by atoms with Crippen molar-refractivity contribution >= 4 is 28.1 Å². The number of hydrogen-bond acceptors (Lipinski definition) is 3. The molecule has 0 aliphatic rings. The minimum atomic E-state index is -0.491. The van der Waals surface area contributed by atoms with E-state index in [9.17, 15) is 9.59 Å². The number of anilines is 1. The van der Waals surface area contributed by atoms with Gasteiger partial charge in [0.2, 0.25) is 0 Å². The van der Waals surface area contributed by atoms with Crippen molar-refractivity contribution in [3.8, 4) is 0 Å². The van der Waals surface area contributed by atoms with Crippen molar-refractivity contribution in [2.24, 2.45) is 0 Å². The molecule has 0 saturated heterocycles. The third-order valence-corrected chi connectivity index (χ3v) is 3.68. The lowest BCUT2D eigenvalue weighted by Crippen LogP contribution is -2.26. The van der Waals surface area contributed by atoms with E-state index < -0.39 is 11.5 Å². The van der Waals surface area contributed by atoms with Crippen molar-refractivity contribution in [3.63, 3.8) is 0 Å². The molecule has 1 aromatic carbocycles. The number of aryl methyl sites for hydroxylation is 1. The van der Waals surface area contributed by atoms with Gasteiger partial charge in [-0.25, -0.2) is 9.50 Å². The van der Waals surface area contributed by atoms with E-state index in [0.717, 1.165) is 16.6 Å². The summed E-state index contributed by atoms with van der Waals surface area (Å²) >= 11 is 0.